The third kappa shape index (κ3) is 5.12. The van der Waals surface area contributed by atoms with E-state index in [4.69, 9.17) is 4.74 Å². The minimum atomic E-state index is -3.64. The molecule has 3 aromatic rings. The number of carbonyl (C=O) groups is 1. The molecular formula is C23H25N5O4S. The van der Waals surface area contributed by atoms with Gasteiger partial charge in [0.1, 0.15) is 11.6 Å². The molecule has 1 aliphatic rings. The molecule has 1 fully saturated rings. The smallest absolute Gasteiger partial charge is 0.259 e. The Labute approximate surface area is 193 Å². The fourth-order valence-electron chi connectivity index (χ4n) is 3.61. The van der Waals surface area contributed by atoms with E-state index >= 15 is 0 Å². The zero-order valence-electron chi connectivity index (χ0n) is 18.2. The third-order valence-electron chi connectivity index (χ3n) is 5.29. The molecular weight excluding hydrogens is 442 g/mol. The monoisotopic (exact) mass is 467 g/mol. The van der Waals surface area contributed by atoms with Crippen LogP contribution in [0.1, 0.15) is 17.3 Å². The molecule has 10 heteroatoms. The highest BCUT2D eigenvalue weighted by Crippen LogP contribution is 2.23. The van der Waals surface area contributed by atoms with Crippen LogP contribution in [-0.2, 0) is 10.0 Å². The average Bonchev–Trinajstić information content (AvgIpc) is 2.85. The first kappa shape index (κ1) is 22.7. The van der Waals surface area contributed by atoms with E-state index in [1.54, 1.807) is 55.0 Å². The van der Waals surface area contributed by atoms with Gasteiger partial charge in [0, 0.05) is 44.3 Å². The lowest BCUT2D eigenvalue weighted by Crippen LogP contribution is -2.48. The van der Waals surface area contributed by atoms with Crippen LogP contribution in [0.5, 0.6) is 5.75 Å². The Morgan fingerprint density at radius 1 is 1.03 bits per heavy atom. The Bertz CT molecular complexity index is 1200. The molecule has 172 valence electrons. The van der Waals surface area contributed by atoms with Crippen molar-refractivity contribution in [2.24, 2.45) is 0 Å². The van der Waals surface area contributed by atoms with Gasteiger partial charge in [-0.05, 0) is 43.3 Å². The van der Waals surface area contributed by atoms with Crippen LogP contribution < -0.4 is 15.0 Å². The number of piperazine rings is 1. The molecule has 0 unspecified atom stereocenters. The largest absolute Gasteiger partial charge is 0.493 e. The molecule has 0 saturated carbocycles. The summed E-state index contributed by atoms with van der Waals surface area (Å²) in [6.45, 7) is 4.07. The number of rotatable bonds is 7. The van der Waals surface area contributed by atoms with E-state index in [1.807, 2.05) is 11.8 Å². The lowest BCUT2D eigenvalue weighted by atomic mass is 10.2. The average molecular weight is 468 g/mol. The summed E-state index contributed by atoms with van der Waals surface area (Å²) in [5.74, 6) is 0.910. The number of amides is 1. The standard InChI is InChI=1S/C23H25N5O4S/c1-2-32-21-6-4-3-5-20(21)23(29)26-18-7-9-19(10-8-18)33(30,31)28-15-13-27(14-16-28)22-17-24-11-12-25-22/h3-12,17H,2,13-16H2,1H3,(H,26,29). The Hall–Kier alpha value is -3.50. The Morgan fingerprint density at radius 2 is 1.76 bits per heavy atom. The van der Waals surface area contributed by atoms with Crippen LogP contribution in [0.2, 0.25) is 0 Å². The number of benzene rings is 2. The van der Waals surface area contributed by atoms with Crippen molar-refractivity contribution >= 4 is 27.4 Å². The van der Waals surface area contributed by atoms with E-state index < -0.39 is 10.0 Å². The van der Waals surface area contributed by atoms with Crippen molar-refractivity contribution in [3.63, 3.8) is 0 Å². The second kappa shape index (κ2) is 9.97. The summed E-state index contributed by atoms with van der Waals surface area (Å²) >= 11 is 0. The first-order valence-electron chi connectivity index (χ1n) is 10.6. The fourth-order valence-corrected chi connectivity index (χ4v) is 5.03. The third-order valence-corrected chi connectivity index (χ3v) is 7.21. The van der Waals surface area contributed by atoms with Crippen LogP contribution in [0.25, 0.3) is 0 Å². The van der Waals surface area contributed by atoms with E-state index in [0.29, 0.717) is 49.8 Å². The van der Waals surface area contributed by atoms with Crippen molar-refractivity contribution in [1.82, 2.24) is 14.3 Å². The van der Waals surface area contributed by atoms with Gasteiger partial charge >= 0.3 is 0 Å². The van der Waals surface area contributed by atoms with E-state index in [1.165, 1.54) is 16.4 Å². The maximum atomic E-state index is 13.1. The molecule has 2 heterocycles. The molecule has 1 N–H and O–H groups in total. The van der Waals surface area contributed by atoms with Gasteiger partial charge in [0.2, 0.25) is 10.0 Å². The minimum absolute atomic E-state index is 0.183. The Kier molecular flexibility index (Phi) is 6.85. The predicted octanol–water partition coefficient (Wildman–Crippen LogP) is 2.64. The molecule has 0 bridgehead atoms. The van der Waals surface area contributed by atoms with Gasteiger partial charge < -0.3 is 15.0 Å². The molecule has 0 radical (unpaired) electrons. The number of sulfonamides is 1. The number of hydrogen-bond acceptors (Lipinski definition) is 7. The Morgan fingerprint density at radius 3 is 2.42 bits per heavy atom. The SMILES string of the molecule is CCOc1ccccc1C(=O)Nc1ccc(S(=O)(=O)N2CCN(c3cnccn3)CC2)cc1. The number of aromatic nitrogens is 2. The van der Waals surface area contributed by atoms with Crippen molar-refractivity contribution in [2.45, 2.75) is 11.8 Å². The number of nitrogens with one attached hydrogen (secondary N) is 1. The number of nitrogens with zero attached hydrogens (tertiary/aromatic N) is 4. The van der Waals surface area contributed by atoms with E-state index in [-0.39, 0.29) is 10.8 Å². The van der Waals surface area contributed by atoms with E-state index in [9.17, 15) is 13.2 Å². The predicted molar refractivity (Wildman–Crippen MR) is 125 cm³/mol. The summed E-state index contributed by atoms with van der Waals surface area (Å²) in [5.41, 5.74) is 0.912. The van der Waals surface area contributed by atoms with Gasteiger partial charge in [-0.1, -0.05) is 12.1 Å². The normalized spacial score (nSPS) is 14.6. The summed E-state index contributed by atoms with van der Waals surface area (Å²) in [4.78, 5) is 23.2. The Balaban J connectivity index is 1.41. The fraction of sp³-hybridized carbons (Fsp3) is 0.261. The van der Waals surface area contributed by atoms with Crippen molar-refractivity contribution in [3.8, 4) is 5.75 Å². The van der Waals surface area contributed by atoms with Gasteiger partial charge in [-0.3, -0.25) is 9.78 Å². The van der Waals surface area contributed by atoms with Crippen LogP contribution in [0.3, 0.4) is 0 Å². The molecule has 0 atom stereocenters. The van der Waals surface area contributed by atoms with Crippen LogP contribution in [0.4, 0.5) is 11.5 Å². The number of ether oxygens (including phenoxy) is 1. The number of carbonyl (C=O) groups excluding carboxylic acids is 1. The van der Waals surface area contributed by atoms with Crippen molar-refractivity contribution in [2.75, 3.05) is 43.0 Å². The van der Waals surface area contributed by atoms with Gasteiger partial charge in [-0.15, -0.1) is 0 Å². The van der Waals surface area contributed by atoms with Crippen LogP contribution in [-0.4, -0.2) is 61.4 Å². The van der Waals surface area contributed by atoms with Crippen LogP contribution in [0.15, 0.2) is 72.0 Å². The lowest BCUT2D eigenvalue weighted by Gasteiger charge is -2.34. The first-order chi connectivity index (χ1) is 16.0. The highest BCUT2D eigenvalue weighted by atomic mass is 32.2. The number of anilines is 2. The molecule has 1 saturated heterocycles. The summed E-state index contributed by atoms with van der Waals surface area (Å²) in [6, 6.07) is 13.2. The topological polar surface area (TPSA) is 105 Å². The van der Waals surface area contributed by atoms with E-state index in [0.717, 1.165) is 5.82 Å². The molecule has 0 aliphatic carbocycles. The minimum Gasteiger partial charge on any atom is -0.493 e. The van der Waals surface area contributed by atoms with Gasteiger partial charge in [-0.25, -0.2) is 13.4 Å². The van der Waals surface area contributed by atoms with Gasteiger partial charge in [0.25, 0.3) is 5.91 Å². The van der Waals surface area contributed by atoms with E-state index in [2.05, 4.69) is 15.3 Å². The molecule has 1 aliphatic heterocycles. The first-order valence-corrected chi connectivity index (χ1v) is 12.1. The van der Waals surface area contributed by atoms with Crippen molar-refractivity contribution < 1.29 is 17.9 Å². The summed E-state index contributed by atoms with van der Waals surface area (Å²) < 4.78 is 33.1. The van der Waals surface area contributed by atoms with Crippen molar-refractivity contribution in [1.29, 1.82) is 0 Å². The zero-order valence-corrected chi connectivity index (χ0v) is 19.0. The maximum Gasteiger partial charge on any atom is 0.259 e. The lowest BCUT2D eigenvalue weighted by molar-refractivity contribution is 0.102. The van der Waals surface area contributed by atoms with Crippen LogP contribution in [0, 0.1) is 0 Å². The van der Waals surface area contributed by atoms with Gasteiger partial charge in [0.05, 0.1) is 23.3 Å². The molecule has 2 aromatic carbocycles. The molecule has 4 rings (SSSR count). The molecule has 9 nitrogen and oxygen atoms in total. The summed E-state index contributed by atoms with van der Waals surface area (Å²) in [5, 5.41) is 2.79. The molecule has 33 heavy (non-hydrogen) atoms. The molecule has 0 spiro atoms. The van der Waals surface area contributed by atoms with Crippen molar-refractivity contribution in [3.05, 3.63) is 72.7 Å². The zero-order chi connectivity index (χ0) is 23.3. The van der Waals surface area contributed by atoms with Gasteiger partial charge in [0.15, 0.2) is 0 Å². The summed E-state index contributed by atoms with van der Waals surface area (Å²) in [6.07, 6.45) is 4.90. The second-order valence-corrected chi connectivity index (χ2v) is 9.30. The number of hydrogen-bond donors (Lipinski definition) is 1. The molecule has 1 aromatic heterocycles. The highest BCUT2D eigenvalue weighted by molar-refractivity contribution is 7.89. The quantitative estimate of drug-likeness (QED) is 0.570. The number of para-hydroxylation sites is 1. The maximum absolute atomic E-state index is 13.1. The highest BCUT2D eigenvalue weighted by Gasteiger charge is 2.29. The second-order valence-electron chi connectivity index (χ2n) is 7.36. The summed E-state index contributed by atoms with van der Waals surface area (Å²) in [7, 11) is -3.64. The van der Waals surface area contributed by atoms with Gasteiger partial charge in [-0.2, -0.15) is 4.31 Å². The molecule has 1 amide bonds. The van der Waals surface area contributed by atoms with Crippen LogP contribution >= 0.6 is 0 Å².